The first kappa shape index (κ1) is 20.5. The number of nitrogens with two attached hydrogens (primary N) is 1. The van der Waals surface area contributed by atoms with Crippen molar-refractivity contribution in [1.82, 2.24) is 15.1 Å². The van der Waals surface area contributed by atoms with E-state index in [1.54, 1.807) is 5.57 Å². The molecule has 1 amide bonds. The summed E-state index contributed by atoms with van der Waals surface area (Å²) in [6.45, 7) is 1.74. The van der Waals surface area contributed by atoms with Gasteiger partial charge in [0.2, 0.25) is 5.91 Å². The van der Waals surface area contributed by atoms with Gasteiger partial charge in [0.25, 0.3) is 0 Å². The van der Waals surface area contributed by atoms with Gasteiger partial charge in [0.15, 0.2) is 0 Å². The quantitative estimate of drug-likeness (QED) is 0.771. The molecule has 2 fully saturated rings. The number of carbonyl (C=O) groups excluding carboxylic acids is 1. The minimum absolute atomic E-state index is 0.0392. The summed E-state index contributed by atoms with van der Waals surface area (Å²) in [4.78, 5) is 17.5. The SMILES string of the molecule is CN1C=C2C[C@@H]3[C@H](C[C@@H](CNC(=O)[C@@H](N)Cc4ccccc4)CN3C)C3C=CC=C1C23. The molecule has 164 valence electrons. The van der Waals surface area contributed by atoms with E-state index in [0.29, 0.717) is 42.7 Å². The van der Waals surface area contributed by atoms with Gasteiger partial charge in [0.05, 0.1) is 6.04 Å². The van der Waals surface area contributed by atoms with Crippen LogP contribution in [0.2, 0.25) is 0 Å². The van der Waals surface area contributed by atoms with Crippen molar-refractivity contribution in [1.29, 1.82) is 0 Å². The van der Waals surface area contributed by atoms with Crippen LogP contribution in [0, 0.1) is 23.7 Å². The number of amides is 1. The first-order valence-corrected chi connectivity index (χ1v) is 11.6. The predicted octanol–water partition coefficient (Wildman–Crippen LogP) is 2.53. The Morgan fingerprint density at radius 3 is 2.87 bits per heavy atom. The van der Waals surface area contributed by atoms with Gasteiger partial charge in [-0.3, -0.25) is 4.79 Å². The summed E-state index contributed by atoms with van der Waals surface area (Å²) in [5, 5.41) is 3.16. The number of nitrogens with zero attached hydrogens (tertiary/aromatic N) is 2. The molecule has 2 aliphatic carbocycles. The van der Waals surface area contributed by atoms with Gasteiger partial charge in [-0.15, -0.1) is 0 Å². The first-order chi connectivity index (χ1) is 15.0. The Kier molecular flexibility index (Phi) is 5.49. The normalized spacial score (nSPS) is 32.6. The zero-order valence-corrected chi connectivity index (χ0v) is 18.6. The number of fused-ring (bicyclic) bond motifs is 2. The molecule has 2 unspecified atom stereocenters. The van der Waals surface area contributed by atoms with E-state index >= 15 is 0 Å². The van der Waals surface area contributed by atoms with E-state index < -0.39 is 6.04 Å². The van der Waals surface area contributed by atoms with Crippen LogP contribution < -0.4 is 11.1 Å². The van der Waals surface area contributed by atoms with E-state index in [0.717, 1.165) is 12.1 Å². The lowest BCUT2D eigenvalue weighted by Crippen LogP contribution is -2.55. The van der Waals surface area contributed by atoms with Gasteiger partial charge < -0.3 is 20.9 Å². The first-order valence-electron chi connectivity index (χ1n) is 11.6. The summed E-state index contributed by atoms with van der Waals surface area (Å²) >= 11 is 0. The molecule has 0 bridgehead atoms. The summed E-state index contributed by atoms with van der Waals surface area (Å²) in [7, 11) is 4.44. The molecule has 1 aromatic rings. The molecule has 2 heterocycles. The Morgan fingerprint density at radius 1 is 1.26 bits per heavy atom. The van der Waals surface area contributed by atoms with Crippen LogP contribution in [0.5, 0.6) is 0 Å². The maximum absolute atomic E-state index is 12.6. The molecular formula is C26H34N4O. The molecule has 0 radical (unpaired) electrons. The number of likely N-dealkylation sites (tertiary alicyclic amines) is 1. The number of carbonyl (C=O) groups is 1. The van der Waals surface area contributed by atoms with Gasteiger partial charge in [-0.1, -0.05) is 42.5 Å². The monoisotopic (exact) mass is 418 g/mol. The topological polar surface area (TPSA) is 61.6 Å². The molecule has 31 heavy (non-hydrogen) atoms. The molecule has 1 aromatic carbocycles. The van der Waals surface area contributed by atoms with Crippen LogP contribution in [-0.2, 0) is 11.2 Å². The zero-order valence-electron chi connectivity index (χ0n) is 18.6. The fraction of sp³-hybridized carbons (Fsp3) is 0.500. The number of hydrogen-bond donors (Lipinski definition) is 2. The number of allylic oxidation sites excluding steroid dienone is 4. The highest BCUT2D eigenvalue weighted by molar-refractivity contribution is 5.81. The molecule has 4 aliphatic rings. The third-order valence-electron chi connectivity index (χ3n) is 7.82. The van der Waals surface area contributed by atoms with Gasteiger partial charge in [-0.25, -0.2) is 0 Å². The van der Waals surface area contributed by atoms with E-state index in [2.05, 4.69) is 53.6 Å². The molecule has 1 saturated carbocycles. The van der Waals surface area contributed by atoms with Crippen LogP contribution in [-0.4, -0.2) is 55.0 Å². The standard InChI is InChI=1S/C26H34N4O/c1-29-15-18(14-28-26(31)22(27)12-17-7-4-3-5-8-17)11-21-20-9-6-10-23-25(20)19(13-24(21)29)16-30(23)2/h3-10,16,18,20-22,24-25H,11-15,27H2,1-2H3,(H,28,31)/t18-,20?,21+,22-,24+,25?/m0/s1. The van der Waals surface area contributed by atoms with Crippen LogP contribution in [0.25, 0.3) is 0 Å². The number of rotatable bonds is 5. The van der Waals surface area contributed by atoms with Crippen molar-refractivity contribution in [3.63, 3.8) is 0 Å². The molecule has 5 nitrogen and oxygen atoms in total. The lowest BCUT2D eigenvalue weighted by molar-refractivity contribution is -0.122. The van der Waals surface area contributed by atoms with E-state index in [1.807, 2.05) is 30.3 Å². The predicted molar refractivity (Wildman–Crippen MR) is 124 cm³/mol. The second-order valence-corrected chi connectivity index (χ2v) is 9.86. The van der Waals surface area contributed by atoms with Gasteiger partial charge in [0.1, 0.15) is 0 Å². The van der Waals surface area contributed by atoms with Crippen molar-refractivity contribution in [2.75, 3.05) is 27.2 Å². The number of piperidine rings is 1. The molecule has 6 atom stereocenters. The van der Waals surface area contributed by atoms with E-state index in [-0.39, 0.29) is 5.91 Å². The summed E-state index contributed by atoms with van der Waals surface area (Å²) in [6.07, 6.45) is 12.2. The number of nitrogens with one attached hydrogen (secondary N) is 1. The van der Waals surface area contributed by atoms with Crippen molar-refractivity contribution in [3.05, 3.63) is 71.6 Å². The Bertz CT molecular complexity index is 921. The zero-order chi connectivity index (χ0) is 21.5. The van der Waals surface area contributed by atoms with Gasteiger partial charge in [-0.05, 0) is 61.3 Å². The lowest BCUT2D eigenvalue weighted by Gasteiger charge is -2.51. The van der Waals surface area contributed by atoms with E-state index in [9.17, 15) is 4.79 Å². The second-order valence-electron chi connectivity index (χ2n) is 9.86. The molecule has 3 N–H and O–H groups in total. The Morgan fingerprint density at radius 2 is 2.06 bits per heavy atom. The average molecular weight is 419 g/mol. The maximum atomic E-state index is 12.6. The minimum Gasteiger partial charge on any atom is -0.354 e. The fourth-order valence-electron chi connectivity index (χ4n) is 6.37. The van der Waals surface area contributed by atoms with Crippen LogP contribution >= 0.6 is 0 Å². The summed E-state index contributed by atoms with van der Waals surface area (Å²) < 4.78 is 0. The van der Waals surface area contributed by atoms with Crippen LogP contribution in [0.15, 0.2) is 66.0 Å². The van der Waals surface area contributed by atoms with Gasteiger partial charge in [0, 0.05) is 44.0 Å². The van der Waals surface area contributed by atoms with Crippen LogP contribution in [0.4, 0.5) is 0 Å². The molecule has 5 heteroatoms. The number of benzene rings is 1. The van der Waals surface area contributed by atoms with Crippen molar-refractivity contribution >= 4 is 5.91 Å². The highest BCUT2D eigenvalue weighted by Crippen LogP contribution is 2.52. The largest absolute Gasteiger partial charge is 0.354 e. The van der Waals surface area contributed by atoms with Crippen molar-refractivity contribution in [3.8, 4) is 0 Å². The smallest absolute Gasteiger partial charge is 0.237 e. The summed E-state index contributed by atoms with van der Waals surface area (Å²) in [5.41, 5.74) is 10.3. The maximum Gasteiger partial charge on any atom is 0.237 e. The van der Waals surface area contributed by atoms with Crippen LogP contribution in [0.3, 0.4) is 0 Å². The highest BCUT2D eigenvalue weighted by atomic mass is 16.2. The van der Waals surface area contributed by atoms with Crippen LogP contribution in [0.1, 0.15) is 18.4 Å². The van der Waals surface area contributed by atoms with E-state index in [4.69, 9.17) is 5.73 Å². The number of hydrogen-bond acceptors (Lipinski definition) is 4. The Labute approximate surface area is 185 Å². The van der Waals surface area contributed by atoms with Gasteiger partial charge in [-0.2, -0.15) is 0 Å². The average Bonchev–Trinajstić information content (AvgIpc) is 3.10. The lowest BCUT2D eigenvalue weighted by atomic mass is 9.61. The second kappa shape index (κ2) is 8.29. The third kappa shape index (κ3) is 3.85. The highest BCUT2D eigenvalue weighted by Gasteiger charge is 2.49. The molecule has 1 saturated heterocycles. The van der Waals surface area contributed by atoms with Crippen molar-refractivity contribution in [2.45, 2.75) is 31.3 Å². The molecule has 5 rings (SSSR count). The molecular weight excluding hydrogens is 384 g/mol. The minimum atomic E-state index is -0.498. The molecule has 0 spiro atoms. The summed E-state index contributed by atoms with van der Waals surface area (Å²) in [6, 6.07) is 10.1. The third-order valence-corrected chi connectivity index (χ3v) is 7.82. The summed E-state index contributed by atoms with van der Waals surface area (Å²) in [5.74, 6) is 2.18. The molecule has 0 aromatic heterocycles. The Balaban J connectivity index is 1.21. The van der Waals surface area contributed by atoms with Gasteiger partial charge >= 0.3 is 0 Å². The molecule has 2 aliphatic heterocycles. The van der Waals surface area contributed by atoms with Crippen molar-refractivity contribution < 1.29 is 4.79 Å². The Hall–Kier alpha value is -2.37. The van der Waals surface area contributed by atoms with Crippen molar-refractivity contribution in [2.24, 2.45) is 29.4 Å². The van der Waals surface area contributed by atoms with E-state index in [1.165, 1.54) is 18.5 Å². The fourth-order valence-corrected chi connectivity index (χ4v) is 6.37.